The van der Waals surface area contributed by atoms with Crippen LogP contribution in [0.2, 0.25) is 0 Å². The number of nitrogens with one attached hydrogen (secondary N) is 2. The predicted molar refractivity (Wildman–Crippen MR) is 81.5 cm³/mol. The second kappa shape index (κ2) is 8.35. The summed E-state index contributed by atoms with van der Waals surface area (Å²) in [6.45, 7) is 7.10. The van der Waals surface area contributed by atoms with E-state index in [-0.39, 0.29) is 5.91 Å². The molecule has 2 N–H and O–H groups in total. The van der Waals surface area contributed by atoms with Gasteiger partial charge in [0.25, 0.3) is 5.91 Å². The highest BCUT2D eigenvalue weighted by Crippen LogP contribution is 2.16. The Labute approximate surface area is 115 Å². The highest BCUT2D eigenvalue weighted by molar-refractivity contribution is 6.05. The van der Waals surface area contributed by atoms with Gasteiger partial charge in [-0.05, 0) is 18.6 Å². The predicted octanol–water partition coefficient (Wildman–Crippen LogP) is 4.11. The molecule has 3 nitrogen and oxygen atoms in total. The molecule has 1 aromatic carbocycles. The van der Waals surface area contributed by atoms with Crippen LogP contribution in [0.15, 0.2) is 30.5 Å². The number of hydrogen-bond acceptors (Lipinski definition) is 1. The van der Waals surface area contributed by atoms with E-state index in [1.54, 1.807) is 0 Å². The smallest absolute Gasteiger partial charge is 0.253 e. The number of aromatic nitrogens is 1. The van der Waals surface area contributed by atoms with Gasteiger partial charge < -0.3 is 10.3 Å². The molecule has 1 amide bonds. The number of fused-ring (bicyclic) bond motifs is 1. The lowest BCUT2D eigenvalue weighted by atomic mass is 10.1. The first-order chi connectivity index (χ1) is 9.24. The number of aromatic amines is 1. The van der Waals surface area contributed by atoms with Crippen LogP contribution in [0.5, 0.6) is 0 Å². The van der Waals surface area contributed by atoms with Crippen LogP contribution in [0.4, 0.5) is 0 Å². The fourth-order valence-electron chi connectivity index (χ4n) is 1.75. The maximum absolute atomic E-state index is 11.9. The maximum atomic E-state index is 11.9. The lowest BCUT2D eigenvalue weighted by Crippen LogP contribution is -2.24. The minimum atomic E-state index is 0.00139. The highest BCUT2D eigenvalue weighted by Gasteiger charge is 2.09. The maximum Gasteiger partial charge on any atom is 0.253 e. The molecule has 0 saturated carbocycles. The number of para-hydroxylation sites is 1. The molecule has 0 aliphatic rings. The van der Waals surface area contributed by atoms with E-state index >= 15 is 0 Å². The number of benzene rings is 1. The van der Waals surface area contributed by atoms with Gasteiger partial charge in [0.1, 0.15) is 0 Å². The molecule has 2 rings (SSSR count). The summed E-state index contributed by atoms with van der Waals surface area (Å²) in [5, 5.41) is 4.00. The topological polar surface area (TPSA) is 44.9 Å². The van der Waals surface area contributed by atoms with Crippen LogP contribution in [0.25, 0.3) is 10.9 Å². The molecule has 0 aliphatic heterocycles. The molecule has 1 aromatic heterocycles. The Morgan fingerprint density at radius 3 is 2.63 bits per heavy atom. The molecule has 19 heavy (non-hydrogen) atoms. The molecule has 0 radical (unpaired) electrons. The van der Waals surface area contributed by atoms with Gasteiger partial charge in [0.2, 0.25) is 0 Å². The Kier molecular flexibility index (Phi) is 6.72. The van der Waals surface area contributed by atoms with E-state index in [2.05, 4.69) is 31.1 Å². The Hall–Kier alpha value is -1.77. The summed E-state index contributed by atoms with van der Waals surface area (Å²) in [5.74, 6) is 0.00139. The van der Waals surface area contributed by atoms with Crippen LogP contribution in [0, 0.1) is 0 Å². The number of amides is 1. The SMILES string of the molecule is CCC.CCCCNC(=O)c1cccc2cc[nH]c12. The van der Waals surface area contributed by atoms with Gasteiger partial charge >= 0.3 is 0 Å². The standard InChI is InChI=1S/C13H16N2O.C3H8/c1-2-3-8-15-13(16)11-6-4-5-10-7-9-14-12(10)11;1-3-2/h4-7,9,14H,2-3,8H2,1H3,(H,15,16);3H2,1-2H3. The molecular weight excluding hydrogens is 236 g/mol. The van der Waals surface area contributed by atoms with Crippen molar-refractivity contribution in [2.75, 3.05) is 6.54 Å². The van der Waals surface area contributed by atoms with Crippen molar-refractivity contribution in [3.8, 4) is 0 Å². The first-order valence-electron chi connectivity index (χ1n) is 7.08. The Morgan fingerprint density at radius 1 is 1.21 bits per heavy atom. The van der Waals surface area contributed by atoms with Crippen molar-refractivity contribution in [1.29, 1.82) is 0 Å². The Bertz CT molecular complexity index is 502. The number of unbranched alkanes of at least 4 members (excludes halogenated alkanes) is 1. The van der Waals surface area contributed by atoms with Crippen molar-refractivity contribution in [2.24, 2.45) is 0 Å². The summed E-state index contributed by atoms with van der Waals surface area (Å²) < 4.78 is 0. The third-order valence-electron chi connectivity index (χ3n) is 2.65. The molecule has 3 heteroatoms. The molecule has 2 aromatic rings. The van der Waals surface area contributed by atoms with E-state index in [0.717, 1.165) is 35.9 Å². The van der Waals surface area contributed by atoms with Crippen molar-refractivity contribution >= 4 is 16.8 Å². The fourth-order valence-corrected chi connectivity index (χ4v) is 1.75. The van der Waals surface area contributed by atoms with E-state index in [4.69, 9.17) is 0 Å². The fraction of sp³-hybridized carbons (Fsp3) is 0.438. The zero-order valence-electron chi connectivity index (χ0n) is 12.1. The van der Waals surface area contributed by atoms with Gasteiger partial charge in [0, 0.05) is 18.1 Å². The normalized spacial score (nSPS) is 9.84. The van der Waals surface area contributed by atoms with Crippen molar-refractivity contribution in [3.05, 3.63) is 36.0 Å². The van der Waals surface area contributed by atoms with Gasteiger partial charge in [0.05, 0.1) is 11.1 Å². The molecule has 0 spiro atoms. The zero-order valence-corrected chi connectivity index (χ0v) is 12.1. The highest BCUT2D eigenvalue weighted by atomic mass is 16.1. The van der Waals surface area contributed by atoms with Gasteiger partial charge in [-0.15, -0.1) is 0 Å². The molecule has 0 bridgehead atoms. The second-order valence-corrected chi connectivity index (χ2v) is 4.56. The Morgan fingerprint density at radius 2 is 1.95 bits per heavy atom. The molecule has 0 unspecified atom stereocenters. The number of H-pyrrole nitrogens is 1. The number of carbonyl (C=O) groups is 1. The van der Waals surface area contributed by atoms with Gasteiger partial charge in [-0.25, -0.2) is 0 Å². The number of carbonyl (C=O) groups excluding carboxylic acids is 1. The average Bonchev–Trinajstić information content (AvgIpc) is 2.87. The van der Waals surface area contributed by atoms with E-state index < -0.39 is 0 Å². The van der Waals surface area contributed by atoms with Gasteiger partial charge in [-0.3, -0.25) is 4.79 Å². The summed E-state index contributed by atoms with van der Waals surface area (Å²) in [6, 6.07) is 7.72. The van der Waals surface area contributed by atoms with Crippen LogP contribution in [0.1, 0.15) is 50.4 Å². The van der Waals surface area contributed by atoms with E-state index in [1.165, 1.54) is 6.42 Å². The lowest BCUT2D eigenvalue weighted by Gasteiger charge is -2.05. The van der Waals surface area contributed by atoms with Crippen LogP contribution >= 0.6 is 0 Å². The van der Waals surface area contributed by atoms with Crippen molar-refractivity contribution < 1.29 is 4.79 Å². The van der Waals surface area contributed by atoms with Gasteiger partial charge in [0.15, 0.2) is 0 Å². The summed E-state index contributed by atoms with van der Waals surface area (Å²) in [6.07, 6.45) is 5.22. The average molecular weight is 260 g/mol. The van der Waals surface area contributed by atoms with Crippen LogP contribution in [-0.2, 0) is 0 Å². The summed E-state index contributed by atoms with van der Waals surface area (Å²) in [4.78, 5) is 15.0. The summed E-state index contributed by atoms with van der Waals surface area (Å²) in [5.41, 5.74) is 1.63. The van der Waals surface area contributed by atoms with Gasteiger partial charge in [-0.1, -0.05) is 45.7 Å². The number of hydrogen-bond donors (Lipinski definition) is 2. The minimum absolute atomic E-state index is 0.00139. The number of rotatable bonds is 4. The third kappa shape index (κ3) is 4.43. The van der Waals surface area contributed by atoms with Crippen molar-refractivity contribution in [1.82, 2.24) is 10.3 Å². The third-order valence-corrected chi connectivity index (χ3v) is 2.65. The Balaban J connectivity index is 0.000000550. The van der Waals surface area contributed by atoms with E-state index in [0.29, 0.717) is 0 Å². The zero-order chi connectivity index (χ0) is 14.1. The first kappa shape index (κ1) is 15.3. The van der Waals surface area contributed by atoms with E-state index in [1.807, 2.05) is 30.5 Å². The van der Waals surface area contributed by atoms with Crippen molar-refractivity contribution in [3.63, 3.8) is 0 Å². The van der Waals surface area contributed by atoms with Crippen molar-refractivity contribution in [2.45, 2.75) is 40.0 Å². The van der Waals surface area contributed by atoms with Crippen LogP contribution in [-0.4, -0.2) is 17.4 Å². The molecular formula is C16H24N2O. The largest absolute Gasteiger partial charge is 0.361 e. The van der Waals surface area contributed by atoms with Crippen LogP contribution < -0.4 is 5.32 Å². The molecule has 0 atom stereocenters. The minimum Gasteiger partial charge on any atom is -0.361 e. The molecule has 1 heterocycles. The summed E-state index contributed by atoms with van der Waals surface area (Å²) >= 11 is 0. The second-order valence-electron chi connectivity index (χ2n) is 4.56. The lowest BCUT2D eigenvalue weighted by molar-refractivity contribution is 0.0954. The quantitative estimate of drug-likeness (QED) is 0.798. The molecule has 0 saturated heterocycles. The van der Waals surface area contributed by atoms with E-state index in [9.17, 15) is 4.79 Å². The molecule has 104 valence electrons. The molecule has 0 fully saturated rings. The first-order valence-corrected chi connectivity index (χ1v) is 7.08. The van der Waals surface area contributed by atoms with Gasteiger partial charge in [-0.2, -0.15) is 0 Å². The monoisotopic (exact) mass is 260 g/mol. The van der Waals surface area contributed by atoms with Crippen LogP contribution in [0.3, 0.4) is 0 Å². The molecule has 0 aliphatic carbocycles. The summed E-state index contributed by atoms with van der Waals surface area (Å²) in [7, 11) is 0.